The van der Waals surface area contributed by atoms with E-state index < -0.39 is 0 Å². The zero-order valence-electron chi connectivity index (χ0n) is 11.3. The van der Waals surface area contributed by atoms with E-state index in [9.17, 15) is 5.11 Å². The lowest BCUT2D eigenvalue weighted by Crippen LogP contribution is -2.25. The minimum atomic E-state index is -0.231. The monoisotopic (exact) mass is 256 g/mol. The molecular formula is C14H16N4O. The van der Waals surface area contributed by atoms with E-state index in [0.717, 1.165) is 5.56 Å². The Kier molecular flexibility index (Phi) is 3.36. The van der Waals surface area contributed by atoms with Crippen molar-refractivity contribution in [2.75, 3.05) is 0 Å². The number of aromatic nitrogens is 3. The van der Waals surface area contributed by atoms with Gasteiger partial charge in [0, 0.05) is 11.1 Å². The first-order chi connectivity index (χ1) is 8.97. The van der Waals surface area contributed by atoms with Crippen LogP contribution in [0.25, 0.3) is 11.4 Å². The first kappa shape index (κ1) is 13.2. The number of benzene rings is 1. The average molecular weight is 256 g/mol. The van der Waals surface area contributed by atoms with E-state index in [1.54, 1.807) is 12.1 Å². The summed E-state index contributed by atoms with van der Waals surface area (Å²) in [5.74, 6) is 1.23. The van der Waals surface area contributed by atoms with Gasteiger partial charge >= 0.3 is 0 Å². The minimum Gasteiger partial charge on any atom is -0.388 e. The fourth-order valence-corrected chi connectivity index (χ4v) is 2.00. The van der Waals surface area contributed by atoms with Crippen LogP contribution in [0, 0.1) is 11.3 Å². The molecule has 5 nitrogen and oxygen atoms in total. The van der Waals surface area contributed by atoms with Crippen LogP contribution in [-0.4, -0.2) is 19.9 Å². The van der Waals surface area contributed by atoms with E-state index in [1.807, 2.05) is 37.5 Å². The first-order valence-electron chi connectivity index (χ1n) is 6.03. The summed E-state index contributed by atoms with van der Waals surface area (Å²) in [6, 6.07) is 9.25. The van der Waals surface area contributed by atoms with Gasteiger partial charge in [0.2, 0.25) is 0 Å². The predicted molar refractivity (Wildman–Crippen MR) is 71.1 cm³/mol. The van der Waals surface area contributed by atoms with Gasteiger partial charge in [-0.25, -0.2) is 0 Å². The normalized spacial score (nSPS) is 11.3. The highest BCUT2D eigenvalue weighted by Crippen LogP contribution is 2.26. The van der Waals surface area contributed by atoms with Crippen LogP contribution in [-0.2, 0) is 12.1 Å². The van der Waals surface area contributed by atoms with Gasteiger partial charge in [0.05, 0.1) is 11.6 Å². The maximum atomic E-state index is 9.36. The molecule has 0 saturated carbocycles. The van der Waals surface area contributed by atoms with Crippen molar-refractivity contribution < 1.29 is 5.11 Å². The standard InChI is InChI=1S/C14H16N4O/c1-14(2,3)18-12(9-19)16-17-13(18)11-6-4-10(8-15)5-7-11/h4-7,19H,9H2,1-3H3. The molecule has 0 atom stereocenters. The molecule has 98 valence electrons. The fourth-order valence-electron chi connectivity index (χ4n) is 2.00. The Hall–Kier alpha value is -2.19. The zero-order chi connectivity index (χ0) is 14.0. The van der Waals surface area contributed by atoms with Gasteiger partial charge in [-0.3, -0.25) is 0 Å². The van der Waals surface area contributed by atoms with Crippen molar-refractivity contribution in [3.05, 3.63) is 35.7 Å². The highest BCUT2D eigenvalue weighted by atomic mass is 16.3. The van der Waals surface area contributed by atoms with Crippen molar-refractivity contribution in [3.63, 3.8) is 0 Å². The molecule has 19 heavy (non-hydrogen) atoms. The minimum absolute atomic E-state index is 0.152. The van der Waals surface area contributed by atoms with Crippen molar-refractivity contribution in [2.24, 2.45) is 0 Å². The van der Waals surface area contributed by atoms with Crippen LogP contribution in [0.15, 0.2) is 24.3 Å². The molecule has 0 amide bonds. The Labute approximate surface area is 112 Å². The van der Waals surface area contributed by atoms with Crippen molar-refractivity contribution in [1.82, 2.24) is 14.8 Å². The third kappa shape index (κ3) is 2.49. The molecule has 0 aliphatic rings. The molecule has 1 aromatic heterocycles. The summed E-state index contributed by atoms with van der Waals surface area (Å²) in [6.45, 7) is 5.94. The molecule has 2 rings (SSSR count). The lowest BCUT2D eigenvalue weighted by Gasteiger charge is -2.24. The molecule has 0 radical (unpaired) electrons. The van der Waals surface area contributed by atoms with E-state index in [-0.39, 0.29) is 12.1 Å². The van der Waals surface area contributed by atoms with Crippen LogP contribution in [0.2, 0.25) is 0 Å². The molecule has 0 aliphatic carbocycles. The molecule has 0 saturated heterocycles. The number of aliphatic hydroxyl groups is 1. The number of hydrogen-bond donors (Lipinski definition) is 1. The molecule has 0 aliphatic heterocycles. The highest BCUT2D eigenvalue weighted by molar-refractivity contribution is 5.57. The predicted octanol–water partition coefficient (Wildman–Crippen LogP) is 2.06. The van der Waals surface area contributed by atoms with Gasteiger partial charge in [0.15, 0.2) is 11.6 Å². The Morgan fingerprint density at radius 3 is 2.32 bits per heavy atom. The van der Waals surface area contributed by atoms with Gasteiger partial charge in [-0.15, -0.1) is 10.2 Å². The smallest absolute Gasteiger partial charge is 0.164 e. The Balaban J connectivity index is 2.56. The van der Waals surface area contributed by atoms with Gasteiger partial charge in [-0.05, 0) is 45.0 Å². The summed E-state index contributed by atoms with van der Waals surface area (Å²) in [6.07, 6.45) is 0. The highest BCUT2D eigenvalue weighted by Gasteiger charge is 2.23. The van der Waals surface area contributed by atoms with Gasteiger partial charge in [0.1, 0.15) is 6.61 Å². The third-order valence-corrected chi connectivity index (χ3v) is 2.81. The van der Waals surface area contributed by atoms with Gasteiger partial charge in [0.25, 0.3) is 0 Å². The third-order valence-electron chi connectivity index (χ3n) is 2.81. The van der Waals surface area contributed by atoms with E-state index in [1.165, 1.54) is 0 Å². The summed E-state index contributed by atoms with van der Waals surface area (Å²) in [7, 11) is 0. The van der Waals surface area contributed by atoms with E-state index in [4.69, 9.17) is 5.26 Å². The summed E-state index contributed by atoms with van der Waals surface area (Å²) < 4.78 is 1.91. The number of nitrogens with zero attached hydrogens (tertiary/aromatic N) is 4. The van der Waals surface area contributed by atoms with Crippen LogP contribution in [0.3, 0.4) is 0 Å². The quantitative estimate of drug-likeness (QED) is 0.892. The lowest BCUT2D eigenvalue weighted by molar-refractivity contribution is 0.250. The Morgan fingerprint density at radius 1 is 1.21 bits per heavy atom. The van der Waals surface area contributed by atoms with Crippen LogP contribution >= 0.6 is 0 Å². The topological polar surface area (TPSA) is 74.7 Å². The second-order valence-corrected chi connectivity index (χ2v) is 5.29. The zero-order valence-corrected chi connectivity index (χ0v) is 11.3. The number of rotatable bonds is 2. The Bertz CT molecular complexity index is 614. The van der Waals surface area contributed by atoms with Crippen molar-refractivity contribution in [3.8, 4) is 17.5 Å². The first-order valence-corrected chi connectivity index (χ1v) is 6.03. The van der Waals surface area contributed by atoms with E-state index in [2.05, 4.69) is 16.3 Å². The lowest BCUT2D eigenvalue weighted by atomic mass is 10.1. The second kappa shape index (κ2) is 4.82. The maximum absolute atomic E-state index is 9.36. The van der Waals surface area contributed by atoms with E-state index in [0.29, 0.717) is 17.2 Å². The maximum Gasteiger partial charge on any atom is 0.164 e. The number of hydrogen-bond acceptors (Lipinski definition) is 4. The van der Waals surface area contributed by atoms with Crippen LogP contribution in [0.1, 0.15) is 32.2 Å². The van der Waals surface area contributed by atoms with Gasteiger partial charge in [-0.1, -0.05) is 0 Å². The second-order valence-electron chi connectivity index (χ2n) is 5.29. The summed E-state index contributed by atoms with van der Waals surface area (Å²) >= 11 is 0. The molecule has 1 aromatic carbocycles. The summed E-state index contributed by atoms with van der Waals surface area (Å²) in [5.41, 5.74) is 1.25. The van der Waals surface area contributed by atoms with Gasteiger partial charge < -0.3 is 9.67 Å². The molecular weight excluding hydrogens is 240 g/mol. The number of aliphatic hydroxyl groups excluding tert-OH is 1. The average Bonchev–Trinajstić information content (AvgIpc) is 2.82. The SMILES string of the molecule is CC(C)(C)n1c(CO)nnc1-c1ccc(C#N)cc1. The largest absolute Gasteiger partial charge is 0.388 e. The molecule has 0 fully saturated rings. The number of nitriles is 1. The van der Waals surface area contributed by atoms with Crippen LogP contribution < -0.4 is 0 Å². The molecule has 2 aromatic rings. The molecule has 1 N–H and O–H groups in total. The van der Waals surface area contributed by atoms with Crippen LogP contribution in [0.5, 0.6) is 0 Å². The fraction of sp³-hybridized carbons (Fsp3) is 0.357. The summed E-state index contributed by atoms with van der Waals surface area (Å²) in [4.78, 5) is 0. The van der Waals surface area contributed by atoms with Crippen LogP contribution in [0.4, 0.5) is 0 Å². The molecule has 0 unspecified atom stereocenters. The van der Waals surface area contributed by atoms with Crippen molar-refractivity contribution in [2.45, 2.75) is 32.9 Å². The molecule has 5 heteroatoms. The van der Waals surface area contributed by atoms with Gasteiger partial charge in [-0.2, -0.15) is 5.26 Å². The molecule has 1 heterocycles. The van der Waals surface area contributed by atoms with Crippen molar-refractivity contribution >= 4 is 0 Å². The Morgan fingerprint density at radius 2 is 1.84 bits per heavy atom. The molecule has 0 spiro atoms. The molecule has 0 bridgehead atoms. The van der Waals surface area contributed by atoms with Crippen molar-refractivity contribution in [1.29, 1.82) is 5.26 Å². The van der Waals surface area contributed by atoms with E-state index >= 15 is 0 Å². The summed E-state index contributed by atoms with van der Waals surface area (Å²) in [5, 5.41) is 26.3.